The Morgan fingerprint density at radius 1 is 1.04 bits per heavy atom. The summed E-state index contributed by atoms with van der Waals surface area (Å²) in [6.07, 6.45) is 1.73. The number of furan rings is 1. The Balaban J connectivity index is 1.89. The molecule has 116 valence electrons. The van der Waals surface area contributed by atoms with Crippen molar-refractivity contribution >= 4 is 33.6 Å². The van der Waals surface area contributed by atoms with Crippen LogP contribution in [0.1, 0.15) is 24.3 Å². The van der Waals surface area contributed by atoms with Crippen LogP contribution in [-0.4, -0.2) is 5.11 Å². The molecule has 0 aliphatic carbocycles. The van der Waals surface area contributed by atoms with Crippen molar-refractivity contribution in [3.8, 4) is 16.2 Å². The highest BCUT2D eigenvalue weighted by Crippen LogP contribution is 2.43. The van der Waals surface area contributed by atoms with Gasteiger partial charge in [0.1, 0.15) is 17.6 Å². The second-order valence-electron chi connectivity index (χ2n) is 6.10. The van der Waals surface area contributed by atoms with Crippen LogP contribution in [0.5, 0.6) is 5.75 Å². The minimum absolute atomic E-state index is 0.171. The van der Waals surface area contributed by atoms with Crippen molar-refractivity contribution in [3.05, 3.63) is 63.9 Å². The first-order valence-electron chi connectivity index (χ1n) is 7.40. The lowest BCUT2D eigenvalue weighted by Gasteiger charge is -2.24. The van der Waals surface area contributed by atoms with Crippen LogP contribution in [0.15, 0.2) is 57.8 Å². The van der Waals surface area contributed by atoms with Gasteiger partial charge in [-0.25, -0.2) is 0 Å². The molecular formula is C19H16O2S2. The van der Waals surface area contributed by atoms with E-state index < -0.39 is 0 Å². The maximum Gasteiger partial charge on any atom is 0.138 e. The minimum Gasteiger partial charge on any atom is -0.507 e. The predicted octanol–water partition coefficient (Wildman–Crippen LogP) is 6.25. The van der Waals surface area contributed by atoms with E-state index in [1.165, 1.54) is 4.88 Å². The highest BCUT2D eigenvalue weighted by atomic mass is 32.1. The van der Waals surface area contributed by atoms with Crippen molar-refractivity contribution in [2.75, 3.05) is 0 Å². The molecule has 3 heterocycles. The van der Waals surface area contributed by atoms with Crippen molar-refractivity contribution in [2.24, 2.45) is 0 Å². The van der Waals surface area contributed by atoms with E-state index in [9.17, 15) is 5.11 Å². The van der Waals surface area contributed by atoms with Gasteiger partial charge in [-0.2, -0.15) is 0 Å². The van der Waals surface area contributed by atoms with Gasteiger partial charge in [-0.3, -0.25) is 0 Å². The van der Waals surface area contributed by atoms with Gasteiger partial charge in [0.25, 0.3) is 0 Å². The Labute approximate surface area is 142 Å². The summed E-state index contributed by atoms with van der Waals surface area (Å²) >= 11 is 3.37. The Kier molecular flexibility index (Phi) is 3.32. The van der Waals surface area contributed by atoms with Gasteiger partial charge in [-0.1, -0.05) is 26.0 Å². The topological polar surface area (TPSA) is 33.4 Å². The van der Waals surface area contributed by atoms with E-state index in [0.717, 1.165) is 27.0 Å². The molecule has 23 heavy (non-hydrogen) atoms. The quantitative estimate of drug-likeness (QED) is 0.478. The summed E-state index contributed by atoms with van der Waals surface area (Å²) in [7, 11) is 0. The average molecular weight is 340 g/mol. The molecule has 1 aromatic carbocycles. The van der Waals surface area contributed by atoms with Crippen molar-refractivity contribution in [1.29, 1.82) is 0 Å². The lowest BCUT2D eigenvalue weighted by molar-refractivity contribution is 0.478. The number of phenols is 1. The molecule has 0 aliphatic rings. The lowest BCUT2D eigenvalue weighted by atomic mass is 9.82. The summed E-state index contributed by atoms with van der Waals surface area (Å²) in [5.74, 6) is 0.277. The van der Waals surface area contributed by atoms with E-state index >= 15 is 0 Å². The van der Waals surface area contributed by atoms with E-state index in [1.807, 2.05) is 29.6 Å². The van der Waals surface area contributed by atoms with Crippen molar-refractivity contribution in [1.82, 2.24) is 0 Å². The van der Waals surface area contributed by atoms with Gasteiger partial charge in [0.15, 0.2) is 0 Å². The van der Waals surface area contributed by atoms with Crippen LogP contribution < -0.4 is 0 Å². The largest absolute Gasteiger partial charge is 0.507 e. The third kappa shape index (κ3) is 2.30. The average Bonchev–Trinajstić information content (AvgIpc) is 3.27. The molecule has 0 saturated heterocycles. The maximum absolute atomic E-state index is 10.6. The number of thiophene rings is 2. The first-order valence-corrected chi connectivity index (χ1v) is 9.16. The van der Waals surface area contributed by atoms with Crippen molar-refractivity contribution < 1.29 is 9.52 Å². The summed E-state index contributed by atoms with van der Waals surface area (Å²) in [6.45, 7) is 4.34. The first-order chi connectivity index (χ1) is 11.1. The summed E-state index contributed by atoms with van der Waals surface area (Å²) < 4.78 is 5.76. The monoisotopic (exact) mass is 340 g/mol. The molecule has 0 fully saturated rings. The molecule has 4 aromatic rings. The van der Waals surface area contributed by atoms with Crippen LogP contribution in [0.3, 0.4) is 0 Å². The Hall–Kier alpha value is -2.04. The van der Waals surface area contributed by atoms with Gasteiger partial charge in [0, 0.05) is 20.7 Å². The molecule has 0 atom stereocenters. The second-order valence-corrected chi connectivity index (χ2v) is 7.99. The third-order valence-electron chi connectivity index (χ3n) is 4.30. The van der Waals surface area contributed by atoms with E-state index in [2.05, 4.69) is 31.4 Å². The van der Waals surface area contributed by atoms with E-state index in [-0.39, 0.29) is 11.2 Å². The van der Waals surface area contributed by atoms with E-state index in [4.69, 9.17) is 4.42 Å². The third-order valence-corrected chi connectivity index (χ3v) is 6.40. The summed E-state index contributed by atoms with van der Waals surface area (Å²) in [5.41, 5.74) is 2.56. The van der Waals surface area contributed by atoms with Crippen LogP contribution in [-0.2, 0) is 5.41 Å². The van der Waals surface area contributed by atoms with Gasteiger partial charge in [-0.05, 0) is 40.6 Å². The molecule has 4 rings (SSSR count). The molecule has 0 bridgehead atoms. The van der Waals surface area contributed by atoms with Gasteiger partial charge < -0.3 is 9.52 Å². The fourth-order valence-corrected chi connectivity index (χ4v) is 4.51. The van der Waals surface area contributed by atoms with Crippen molar-refractivity contribution in [3.63, 3.8) is 0 Å². The molecule has 3 aromatic heterocycles. The number of rotatable bonds is 3. The molecule has 4 heteroatoms. The predicted molar refractivity (Wildman–Crippen MR) is 97.6 cm³/mol. The van der Waals surface area contributed by atoms with Crippen LogP contribution in [0.25, 0.3) is 21.4 Å². The Bertz CT molecular complexity index is 945. The van der Waals surface area contributed by atoms with Crippen LogP contribution in [0.2, 0.25) is 0 Å². The number of hydrogen-bond acceptors (Lipinski definition) is 4. The minimum atomic E-state index is -0.171. The standard InChI is InChI=1S/C19H16O2S2/c1-19(2,17-6-4-8-23-17)12-9-14(20)18-13(11-21-15(18)10-12)16-5-3-7-22-16/h3-11,20H,1-2H3. The maximum atomic E-state index is 10.6. The molecule has 0 radical (unpaired) electrons. The summed E-state index contributed by atoms with van der Waals surface area (Å²) in [4.78, 5) is 2.37. The van der Waals surface area contributed by atoms with Gasteiger partial charge >= 0.3 is 0 Å². The van der Waals surface area contributed by atoms with E-state index in [0.29, 0.717) is 0 Å². The molecule has 2 nitrogen and oxygen atoms in total. The van der Waals surface area contributed by atoms with Crippen LogP contribution in [0, 0.1) is 0 Å². The molecule has 0 unspecified atom stereocenters. The Morgan fingerprint density at radius 3 is 2.52 bits per heavy atom. The molecule has 0 aliphatic heterocycles. The van der Waals surface area contributed by atoms with E-state index in [1.54, 1.807) is 28.9 Å². The molecule has 1 N–H and O–H groups in total. The normalized spacial score (nSPS) is 12.1. The molecule has 0 saturated carbocycles. The van der Waals surface area contributed by atoms with Gasteiger partial charge in [-0.15, -0.1) is 22.7 Å². The highest BCUT2D eigenvalue weighted by molar-refractivity contribution is 7.13. The number of aromatic hydroxyl groups is 1. The number of phenolic OH excluding ortho intramolecular Hbond substituents is 1. The van der Waals surface area contributed by atoms with Crippen molar-refractivity contribution in [2.45, 2.75) is 19.3 Å². The zero-order chi connectivity index (χ0) is 16.0. The molecular weight excluding hydrogens is 324 g/mol. The molecule has 0 amide bonds. The zero-order valence-electron chi connectivity index (χ0n) is 12.9. The number of benzene rings is 1. The molecule has 0 spiro atoms. The number of hydrogen-bond donors (Lipinski definition) is 1. The highest BCUT2D eigenvalue weighted by Gasteiger charge is 2.26. The number of fused-ring (bicyclic) bond motifs is 1. The fourth-order valence-electron chi connectivity index (χ4n) is 2.90. The lowest BCUT2D eigenvalue weighted by Crippen LogP contribution is -2.17. The Morgan fingerprint density at radius 2 is 1.83 bits per heavy atom. The fraction of sp³-hybridized carbons (Fsp3) is 0.158. The van der Waals surface area contributed by atoms with Gasteiger partial charge in [0.05, 0.1) is 5.39 Å². The van der Waals surface area contributed by atoms with Gasteiger partial charge in [0.2, 0.25) is 0 Å². The summed E-state index contributed by atoms with van der Waals surface area (Å²) in [6, 6.07) is 12.1. The first kappa shape index (κ1) is 14.5. The SMILES string of the molecule is CC(C)(c1cc(O)c2c(-c3cccs3)coc2c1)c1cccs1. The van der Waals surface area contributed by atoms with Crippen LogP contribution >= 0.6 is 22.7 Å². The van der Waals surface area contributed by atoms with Crippen LogP contribution in [0.4, 0.5) is 0 Å². The summed E-state index contributed by atoms with van der Waals surface area (Å²) in [5, 5.41) is 15.5. The smallest absolute Gasteiger partial charge is 0.138 e. The zero-order valence-corrected chi connectivity index (χ0v) is 14.5. The second kappa shape index (κ2) is 5.25.